The number of fused-ring (bicyclic) bond motifs is 1. The van der Waals surface area contributed by atoms with Crippen LogP contribution >= 0.6 is 11.6 Å². The molecule has 0 radical (unpaired) electrons. The maximum atomic E-state index is 12.0. The summed E-state index contributed by atoms with van der Waals surface area (Å²) >= 11 is 6.20. The number of aliphatic hydroxyl groups excluding tert-OH is 1. The molecule has 1 amide bonds. The lowest BCUT2D eigenvalue weighted by Gasteiger charge is -2.44. The van der Waals surface area contributed by atoms with E-state index < -0.39 is 12.5 Å². The zero-order valence-electron chi connectivity index (χ0n) is 16.2. The number of hydrogen-bond acceptors (Lipinski definition) is 5. The van der Waals surface area contributed by atoms with Gasteiger partial charge in [0.2, 0.25) is 5.91 Å². The van der Waals surface area contributed by atoms with Gasteiger partial charge in [-0.15, -0.1) is 0 Å². The van der Waals surface area contributed by atoms with Gasteiger partial charge in [0.25, 0.3) is 0 Å². The Morgan fingerprint density at radius 2 is 2.07 bits per heavy atom. The van der Waals surface area contributed by atoms with Crippen molar-refractivity contribution in [3.05, 3.63) is 47.0 Å². The summed E-state index contributed by atoms with van der Waals surface area (Å²) in [5, 5.41) is 12.8. The topological polar surface area (TPSA) is 77.0 Å². The van der Waals surface area contributed by atoms with Crippen molar-refractivity contribution in [1.82, 2.24) is 5.32 Å². The molecule has 7 heteroatoms. The normalized spacial score (nSPS) is 19.9. The predicted octanol–water partition coefficient (Wildman–Crippen LogP) is 3.50. The molecule has 1 spiro atoms. The molecule has 6 nitrogen and oxygen atoms in total. The van der Waals surface area contributed by atoms with Gasteiger partial charge in [-0.25, -0.2) is 0 Å². The average molecular weight is 418 g/mol. The van der Waals surface area contributed by atoms with E-state index in [0.29, 0.717) is 30.4 Å². The van der Waals surface area contributed by atoms with Gasteiger partial charge >= 0.3 is 0 Å². The number of benzene rings is 2. The standard InChI is InChI=1S/C22H24ClNO5/c1-27-19-5-3-15(23)11-16(19)14-2-4-20-17(10-14)18(24-21(26)13-25)12-22(29-20)6-8-28-9-7-22/h2-5,10-11,18,25H,6-9,12-13H2,1H3,(H,24,26). The van der Waals surface area contributed by atoms with Crippen LogP contribution in [0.2, 0.25) is 5.02 Å². The second kappa shape index (κ2) is 8.22. The predicted molar refractivity (Wildman–Crippen MR) is 109 cm³/mol. The number of carbonyl (C=O) groups is 1. The summed E-state index contributed by atoms with van der Waals surface area (Å²) in [6.45, 7) is 0.714. The Hall–Kier alpha value is -2.28. The van der Waals surface area contributed by atoms with Crippen molar-refractivity contribution in [2.24, 2.45) is 0 Å². The first-order valence-corrected chi connectivity index (χ1v) is 10.1. The fourth-order valence-electron chi connectivity index (χ4n) is 4.16. The van der Waals surface area contributed by atoms with Crippen molar-refractivity contribution in [2.75, 3.05) is 26.9 Å². The first-order chi connectivity index (χ1) is 14.0. The van der Waals surface area contributed by atoms with Gasteiger partial charge in [0.15, 0.2) is 0 Å². The highest BCUT2D eigenvalue weighted by Gasteiger charge is 2.42. The van der Waals surface area contributed by atoms with Gasteiger partial charge in [-0.2, -0.15) is 0 Å². The molecule has 29 heavy (non-hydrogen) atoms. The minimum absolute atomic E-state index is 0.262. The number of hydrogen-bond donors (Lipinski definition) is 2. The first kappa shape index (κ1) is 20.0. The maximum absolute atomic E-state index is 12.0. The summed E-state index contributed by atoms with van der Waals surface area (Å²) in [4.78, 5) is 12.0. The lowest BCUT2D eigenvalue weighted by atomic mass is 9.81. The molecule has 0 saturated carbocycles. The molecule has 1 unspecified atom stereocenters. The van der Waals surface area contributed by atoms with Crippen molar-refractivity contribution in [3.63, 3.8) is 0 Å². The molecule has 1 atom stereocenters. The molecule has 2 heterocycles. The van der Waals surface area contributed by atoms with Gasteiger partial charge < -0.3 is 24.6 Å². The van der Waals surface area contributed by atoms with Crippen LogP contribution < -0.4 is 14.8 Å². The molecular formula is C22H24ClNO5. The molecule has 2 aromatic carbocycles. The van der Waals surface area contributed by atoms with Gasteiger partial charge in [-0.1, -0.05) is 17.7 Å². The van der Waals surface area contributed by atoms with Crippen LogP contribution in [0.15, 0.2) is 36.4 Å². The highest BCUT2D eigenvalue weighted by molar-refractivity contribution is 6.31. The molecule has 1 saturated heterocycles. The molecule has 0 bridgehead atoms. The molecule has 1 fully saturated rings. The third-order valence-electron chi connectivity index (χ3n) is 5.64. The van der Waals surface area contributed by atoms with Crippen LogP contribution in [-0.4, -0.2) is 43.5 Å². The SMILES string of the molecule is COc1ccc(Cl)cc1-c1ccc2c(c1)C(NC(=O)CO)CC1(CCOCC1)O2. The molecule has 0 aromatic heterocycles. The van der Waals surface area contributed by atoms with E-state index in [4.69, 9.17) is 25.8 Å². The van der Waals surface area contributed by atoms with Crippen molar-refractivity contribution in [1.29, 1.82) is 0 Å². The Morgan fingerprint density at radius 3 is 2.79 bits per heavy atom. The number of amides is 1. The smallest absolute Gasteiger partial charge is 0.246 e. The molecule has 2 N–H and O–H groups in total. The number of methoxy groups -OCH3 is 1. The Balaban J connectivity index is 1.76. The lowest BCUT2D eigenvalue weighted by Crippen LogP contribution is -2.48. The highest BCUT2D eigenvalue weighted by Crippen LogP contribution is 2.46. The molecule has 2 aliphatic rings. The molecular weight excluding hydrogens is 394 g/mol. The zero-order valence-corrected chi connectivity index (χ0v) is 17.0. The monoisotopic (exact) mass is 417 g/mol. The number of ether oxygens (including phenoxy) is 3. The van der Waals surface area contributed by atoms with Crippen LogP contribution in [0.4, 0.5) is 0 Å². The number of carbonyl (C=O) groups excluding carboxylic acids is 1. The van der Waals surface area contributed by atoms with Crippen molar-refractivity contribution >= 4 is 17.5 Å². The van der Waals surface area contributed by atoms with Crippen LogP contribution in [0.3, 0.4) is 0 Å². The van der Waals surface area contributed by atoms with E-state index in [2.05, 4.69) is 5.32 Å². The van der Waals surface area contributed by atoms with E-state index in [1.165, 1.54) is 0 Å². The largest absolute Gasteiger partial charge is 0.496 e. The van der Waals surface area contributed by atoms with Gasteiger partial charge in [-0.05, 0) is 35.9 Å². The summed E-state index contributed by atoms with van der Waals surface area (Å²) in [7, 11) is 1.62. The maximum Gasteiger partial charge on any atom is 0.246 e. The summed E-state index contributed by atoms with van der Waals surface area (Å²) in [5.74, 6) is 1.05. The molecule has 154 valence electrons. The van der Waals surface area contributed by atoms with Gasteiger partial charge in [0.05, 0.1) is 26.4 Å². The number of halogens is 1. The van der Waals surface area contributed by atoms with Crippen LogP contribution in [0.5, 0.6) is 11.5 Å². The quantitative estimate of drug-likeness (QED) is 0.796. The lowest BCUT2D eigenvalue weighted by molar-refractivity contribution is -0.125. The van der Waals surface area contributed by atoms with E-state index in [9.17, 15) is 9.90 Å². The van der Waals surface area contributed by atoms with Crippen molar-refractivity contribution in [3.8, 4) is 22.6 Å². The van der Waals surface area contributed by atoms with Crippen molar-refractivity contribution in [2.45, 2.75) is 30.9 Å². The average Bonchev–Trinajstić information content (AvgIpc) is 2.74. The Morgan fingerprint density at radius 1 is 1.28 bits per heavy atom. The number of rotatable bonds is 4. The Bertz CT molecular complexity index is 910. The zero-order chi connectivity index (χ0) is 20.4. The molecule has 0 aliphatic carbocycles. The van der Waals surface area contributed by atoms with Crippen LogP contribution in [0, 0.1) is 0 Å². The summed E-state index contributed by atoms with van der Waals surface area (Å²) in [5.41, 5.74) is 2.29. The summed E-state index contributed by atoms with van der Waals surface area (Å²) < 4.78 is 17.4. The minimum atomic E-state index is -0.551. The van der Waals surface area contributed by atoms with Crippen LogP contribution in [0.1, 0.15) is 30.9 Å². The van der Waals surface area contributed by atoms with Gasteiger partial charge in [-0.3, -0.25) is 4.79 Å². The fourth-order valence-corrected chi connectivity index (χ4v) is 4.33. The Labute approximate surface area is 174 Å². The molecule has 2 aromatic rings. The van der Waals surface area contributed by atoms with E-state index in [1.54, 1.807) is 13.2 Å². The number of aliphatic hydroxyl groups is 1. The van der Waals surface area contributed by atoms with Gasteiger partial charge in [0.1, 0.15) is 23.7 Å². The molecule has 4 rings (SSSR count). The Kier molecular flexibility index (Phi) is 5.67. The third-order valence-corrected chi connectivity index (χ3v) is 5.88. The second-order valence-electron chi connectivity index (χ2n) is 7.48. The minimum Gasteiger partial charge on any atom is -0.496 e. The third kappa shape index (κ3) is 4.06. The fraction of sp³-hybridized carbons (Fsp3) is 0.409. The summed E-state index contributed by atoms with van der Waals surface area (Å²) in [6.07, 6.45) is 2.16. The van der Waals surface area contributed by atoms with Crippen LogP contribution in [-0.2, 0) is 9.53 Å². The number of nitrogens with one attached hydrogen (secondary N) is 1. The van der Waals surface area contributed by atoms with E-state index >= 15 is 0 Å². The van der Waals surface area contributed by atoms with Gasteiger partial charge in [0, 0.05) is 35.4 Å². The summed E-state index contributed by atoms with van der Waals surface area (Å²) in [6, 6.07) is 11.1. The second-order valence-corrected chi connectivity index (χ2v) is 7.91. The first-order valence-electron chi connectivity index (χ1n) is 9.68. The van der Waals surface area contributed by atoms with E-state index in [0.717, 1.165) is 35.3 Å². The molecule has 2 aliphatic heterocycles. The van der Waals surface area contributed by atoms with Crippen molar-refractivity contribution < 1.29 is 24.1 Å². The van der Waals surface area contributed by atoms with E-state index in [-0.39, 0.29) is 11.6 Å². The van der Waals surface area contributed by atoms with E-state index in [1.807, 2.05) is 30.3 Å². The highest BCUT2D eigenvalue weighted by atomic mass is 35.5. The van der Waals surface area contributed by atoms with Crippen LogP contribution in [0.25, 0.3) is 11.1 Å².